The van der Waals surface area contributed by atoms with Crippen LogP contribution in [0.25, 0.3) is 0 Å². The zero-order valence-electron chi connectivity index (χ0n) is 12.9. The van der Waals surface area contributed by atoms with Crippen LogP contribution in [-0.4, -0.2) is 17.4 Å². The zero-order valence-corrected chi connectivity index (χ0v) is 14.5. The monoisotopic (exact) mass is 364 g/mol. The summed E-state index contributed by atoms with van der Waals surface area (Å²) < 4.78 is 5.69. The van der Waals surface area contributed by atoms with Gasteiger partial charge >= 0.3 is 0 Å². The Bertz CT molecular complexity index is 850. The standard InChI is InChI=1S/C17H14Cl2N2O3/c1-17(2)16(23)21-14-12(4-3-5-13(14)24-17)20-15(22)9-6-7-10(18)11(19)8-9/h3-8H,1-2H3,(H,20,22)(H,21,23). The Labute approximate surface area is 148 Å². The molecule has 0 saturated heterocycles. The van der Waals surface area contributed by atoms with E-state index in [1.165, 1.54) is 6.07 Å². The Morgan fingerprint density at radius 2 is 1.92 bits per heavy atom. The van der Waals surface area contributed by atoms with Crippen molar-refractivity contribution in [3.05, 3.63) is 52.0 Å². The third-order valence-corrected chi connectivity index (χ3v) is 4.35. The summed E-state index contributed by atoms with van der Waals surface area (Å²) in [5, 5.41) is 6.17. The highest BCUT2D eigenvalue weighted by atomic mass is 35.5. The molecule has 0 aromatic heterocycles. The maximum Gasteiger partial charge on any atom is 0.268 e. The molecule has 3 rings (SSSR count). The molecular weight excluding hydrogens is 351 g/mol. The molecule has 0 radical (unpaired) electrons. The van der Waals surface area contributed by atoms with Gasteiger partial charge in [-0.3, -0.25) is 9.59 Å². The molecule has 7 heteroatoms. The number of hydrogen-bond donors (Lipinski definition) is 2. The predicted octanol–water partition coefficient (Wildman–Crippen LogP) is 4.36. The van der Waals surface area contributed by atoms with Crippen molar-refractivity contribution in [2.45, 2.75) is 19.4 Å². The van der Waals surface area contributed by atoms with E-state index in [9.17, 15) is 9.59 Å². The van der Waals surface area contributed by atoms with Crippen LogP contribution in [0.5, 0.6) is 5.75 Å². The molecule has 0 atom stereocenters. The first kappa shape index (κ1) is 16.6. The number of benzene rings is 2. The number of rotatable bonds is 2. The van der Waals surface area contributed by atoms with E-state index in [2.05, 4.69) is 10.6 Å². The molecule has 2 aromatic carbocycles. The molecule has 0 spiro atoms. The van der Waals surface area contributed by atoms with Gasteiger partial charge in [0, 0.05) is 5.56 Å². The van der Waals surface area contributed by atoms with E-state index in [-0.39, 0.29) is 16.8 Å². The number of anilines is 2. The normalized spacial score (nSPS) is 15.1. The first-order valence-corrected chi connectivity index (χ1v) is 7.93. The lowest BCUT2D eigenvalue weighted by atomic mass is 10.1. The summed E-state index contributed by atoms with van der Waals surface area (Å²) in [6, 6.07) is 9.73. The number of amides is 2. The Hall–Kier alpha value is -2.24. The van der Waals surface area contributed by atoms with E-state index in [4.69, 9.17) is 27.9 Å². The molecule has 0 bridgehead atoms. The highest BCUT2D eigenvalue weighted by Gasteiger charge is 2.36. The summed E-state index contributed by atoms with van der Waals surface area (Å²) in [5.41, 5.74) is 0.243. The van der Waals surface area contributed by atoms with Gasteiger partial charge in [0.1, 0.15) is 11.4 Å². The van der Waals surface area contributed by atoms with Crippen molar-refractivity contribution in [3.8, 4) is 5.75 Å². The summed E-state index contributed by atoms with van der Waals surface area (Å²) >= 11 is 11.8. The first-order valence-electron chi connectivity index (χ1n) is 7.18. The minimum atomic E-state index is -0.973. The van der Waals surface area contributed by atoms with Gasteiger partial charge in [0.05, 0.1) is 15.7 Å². The fourth-order valence-corrected chi connectivity index (χ4v) is 2.56. The lowest BCUT2D eigenvalue weighted by Gasteiger charge is -2.32. The summed E-state index contributed by atoms with van der Waals surface area (Å²) in [6.45, 7) is 3.35. The van der Waals surface area contributed by atoms with Gasteiger partial charge in [-0.15, -0.1) is 0 Å². The molecule has 0 fully saturated rings. The van der Waals surface area contributed by atoms with Crippen molar-refractivity contribution in [1.29, 1.82) is 0 Å². The Kier molecular flexibility index (Phi) is 4.15. The minimum Gasteiger partial charge on any atom is -0.476 e. The predicted molar refractivity (Wildman–Crippen MR) is 94.2 cm³/mol. The molecule has 124 valence electrons. The fourth-order valence-electron chi connectivity index (χ4n) is 2.27. The van der Waals surface area contributed by atoms with Gasteiger partial charge in [0.2, 0.25) is 0 Å². The van der Waals surface area contributed by atoms with Crippen molar-refractivity contribution in [3.63, 3.8) is 0 Å². The first-order chi connectivity index (χ1) is 11.3. The van der Waals surface area contributed by atoms with E-state index in [0.717, 1.165) is 0 Å². The Balaban J connectivity index is 1.90. The molecule has 1 aliphatic heterocycles. The molecule has 2 N–H and O–H groups in total. The average Bonchev–Trinajstić information content (AvgIpc) is 2.51. The van der Waals surface area contributed by atoms with Crippen molar-refractivity contribution in [2.75, 3.05) is 10.6 Å². The third-order valence-electron chi connectivity index (χ3n) is 3.61. The molecule has 2 aromatic rings. The number of fused-ring (bicyclic) bond motifs is 1. The van der Waals surface area contributed by atoms with Crippen LogP contribution in [0.2, 0.25) is 10.0 Å². The van der Waals surface area contributed by atoms with Crippen LogP contribution < -0.4 is 15.4 Å². The SMILES string of the molecule is CC1(C)Oc2cccc(NC(=O)c3ccc(Cl)c(Cl)c3)c2NC1=O. The van der Waals surface area contributed by atoms with Gasteiger partial charge in [-0.25, -0.2) is 0 Å². The second-order valence-electron chi connectivity index (χ2n) is 5.83. The van der Waals surface area contributed by atoms with Crippen LogP contribution in [0.15, 0.2) is 36.4 Å². The quantitative estimate of drug-likeness (QED) is 0.831. The van der Waals surface area contributed by atoms with Crippen LogP contribution in [0, 0.1) is 0 Å². The zero-order chi connectivity index (χ0) is 17.5. The summed E-state index contributed by atoms with van der Waals surface area (Å²) in [7, 11) is 0. The maximum atomic E-state index is 12.4. The number of carbonyl (C=O) groups excluding carboxylic acids is 2. The van der Waals surface area contributed by atoms with E-state index in [0.29, 0.717) is 27.7 Å². The van der Waals surface area contributed by atoms with E-state index < -0.39 is 5.60 Å². The van der Waals surface area contributed by atoms with E-state index >= 15 is 0 Å². The number of carbonyl (C=O) groups is 2. The number of nitrogens with one attached hydrogen (secondary N) is 2. The van der Waals surface area contributed by atoms with E-state index in [1.807, 2.05) is 0 Å². The Morgan fingerprint density at radius 3 is 2.62 bits per heavy atom. The molecule has 24 heavy (non-hydrogen) atoms. The van der Waals surface area contributed by atoms with Gasteiger partial charge < -0.3 is 15.4 Å². The molecule has 0 aliphatic carbocycles. The highest BCUT2D eigenvalue weighted by molar-refractivity contribution is 6.42. The van der Waals surface area contributed by atoms with Crippen molar-refractivity contribution < 1.29 is 14.3 Å². The molecule has 1 aliphatic rings. The van der Waals surface area contributed by atoms with Gasteiger partial charge in [-0.1, -0.05) is 29.3 Å². The third kappa shape index (κ3) is 3.05. The lowest BCUT2D eigenvalue weighted by molar-refractivity contribution is -0.129. The van der Waals surface area contributed by atoms with Gasteiger partial charge in [-0.05, 0) is 44.2 Å². The van der Waals surface area contributed by atoms with Gasteiger partial charge in [0.15, 0.2) is 5.60 Å². The van der Waals surface area contributed by atoms with Crippen LogP contribution in [0.4, 0.5) is 11.4 Å². The summed E-state index contributed by atoms with van der Waals surface area (Å²) in [5.74, 6) is -0.168. The molecule has 1 heterocycles. The number of hydrogen-bond acceptors (Lipinski definition) is 3. The number of ether oxygens (including phenoxy) is 1. The topological polar surface area (TPSA) is 67.4 Å². The maximum absolute atomic E-state index is 12.4. The molecule has 0 unspecified atom stereocenters. The summed E-state index contributed by atoms with van der Waals surface area (Å²) in [4.78, 5) is 24.5. The fraction of sp³-hybridized carbons (Fsp3) is 0.176. The molecule has 5 nitrogen and oxygen atoms in total. The highest BCUT2D eigenvalue weighted by Crippen LogP contribution is 2.39. The van der Waals surface area contributed by atoms with Gasteiger partial charge in [-0.2, -0.15) is 0 Å². The molecule has 2 amide bonds. The van der Waals surface area contributed by atoms with Crippen molar-refractivity contribution >= 4 is 46.4 Å². The summed E-state index contributed by atoms with van der Waals surface area (Å²) in [6.07, 6.45) is 0. The Morgan fingerprint density at radius 1 is 1.17 bits per heavy atom. The van der Waals surface area contributed by atoms with Crippen molar-refractivity contribution in [2.24, 2.45) is 0 Å². The van der Waals surface area contributed by atoms with Gasteiger partial charge in [0.25, 0.3) is 11.8 Å². The molecular formula is C17H14Cl2N2O3. The molecule has 0 saturated carbocycles. The van der Waals surface area contributed by atoms with Crippen molar-refractivity contribution in [1.82, 2.24) is 0 Å². The van der Waals surface area contributed by atoms with Crippen LogP contribution in [0.3, 0.4) is 0 Å². The number of para-hydroxylation sites is 1. The van der Waals surface area contributed by atoms with Crippen LogP contribution in [-0.2, 0) is 4.79 Å². The van der Waals surface area contributed by atoms with Crippen LogP contribution >= 0.6 is 23.2 Å². The second-order valence-corrected chi connectivity index (χ2v) is 6.64. The number of halogens is 2. The minimum absolute atomic E-state index is 0.286. The smallest absolute Gasteiger partial charge is 0.268 e. The second kappa shape index (κ2) is 6.00. The lowest BCUT2D eigenvalue weighted by Crippen LogP contribution is -2.45. The largest absolute Gasteiger partial charge is 0.476 e. The van der Waals surface area contributed by atoms with E-state index in [1.54, 1.807) is 44.2 Å². The average molecular weight is 365 g/mol. The van der Waals surface area contributed by atoms with Crippen LogP contribution in [0.1, 0.15) is 24.2 Å².